The molecule has 0 bridgehead atoms. The van der Waals surface area contributed by atoms with Crippen molar-refractivity contribution in [3.05, 3.63) is 96.8 Å². The Kier molecular flexibility index (Phi) is 5.33. The third kappa shape index (κ3) is 3.92. The van der Waals surface area contributed by atoms with E-state index >= 15 is 0 Å². The number of hydrogen-bond donors (Lipinski definition) is 1. The van der Waals surface area contributed by atoms with Gasteiger partial charge in [0.15, 0.2) is 0 Å². The molecule has 8 heteroatoms. The molecule has 0 saturated carbocycles. The van der Waals surface area contributed by atoms with Crippen LogP contribution in [0.3, 0.4) is 0 Å². The number of fused-ring (bicyclic) bond motifs is 1. The summed E-state index contributed by atoms with van der Waals surface area (Å²) in [5.41, 5.74) is 3.67. The van der Waals surface area contributed by atoms with Crippen molar-refractivity contribution in [2.24, 2.45) is 0 Å². The van der Waals surface area contributed by atoms with Gasteiger partial charge in [0.2, 0.25) is 11.7 Å². The van der Waals surface area contributed by atoms with Gasteiger partial charge in [-0.05, 0) is 61.0 Å². The van der Waals surface area contributed by atoms with Gasteiger partial charge in [0, 0.05) is 47.1 Å². The molecule has 3 heterocycles. The number of rotatable bonds is 5. The first-order chi connectivity index (χ1) is 17.6. The van der Waals surface area contributed by atoms with Crippen LogP contribution in [0, 0.1) is 5.82 Å². The lowest BCUT2D eigenvalue weighted by Gasteiger charge is -2.16. The van der Waals surface area contributed by atoms with E-state index in [1.54, 1.807) is 46.2 Å². The van der Waals surface area contributed by atoms with Gasteiger partial charge in [0.05, 0.1) is 11.9 Å². The Morgan fingerprint density at radius 1 is 1.00 bits per heavy atom. The third-order valence-electron chi connectivity index (χ3n) is 6.26. The summed E-state index contributed by atoms with van der Waals surface area (Å²) in [5, 5.41) is 7.76. The van der Waals surface area contributed by atoms with Gasteiger partial charge in [-0.1, -0.05) is 18.2 Å². The largest absolute Gasteiger partial charge is 0.450 e. The fourth-order valence-corrected chi connectivity index (χ4v) is 4.52. The van der Waals surface area contributed by atoms with Crippen LogP contribution < -0.4 is 10.2 Å². The second-order valence-electron chi connectivity index (χ2n) is 8.61. The molecule has 0 aliphatic carbocycles. The Hall–Kier alpha value is -4.72. The lowest BCUT2D eigenvalue weighted by atomic mass is 10.0. The Bertz CT molecular complexity index is 1590. The number of carbonyl (C=O) groups excluding carboxylic acids is 2. The molecule has 6 rings (SSSR count). The molecule has 2 amide bonds. The third-order valence-corrected chi connectivity index (χ3v) is 6.26. The van der Waals surface area contributed by atoms with E-state index in [2.05, 4.69) is 10.4 Å². The van der Waals surface area contributed by atoms with Gasteiger partial charge in [0.1, 0.15) is 11.4 Å². The summed E-state index contributed by atoms with van der Waals surface area (Å²) in [7, 11) is 0. The van der Waals surface area contributed by atoms with Crippen LogP contribution in [0.1, 0.15) is 23.4 Å². The molecule has 2 aromatic heterocycles. The maximum absolute atomic E-state index is 14.2. The zero-order valence-corrected chi connectivity index (χ0v) is 19.1. The molecule has 0 unspecified atom stereocenters. The molecule has 1 aliphatic rings. The first kappa shape index (κ1) is 21.8. The smallest absolute Gasteiger partial charge is 0.292 e. The second-order valence-corrected chi connectivity index (χ2v) is 8.61. The lowest BCUT2D eigenvalue weighted by Crippen LogP contribution is -2.23. The van der Waals surface area contributed by atoms with E-state index in [9.17, 15) is 14.0 Å². The number of furan rings is 1. The summed E-state index contributed by atoms with van der Waals surface area (Å²) in [6, 6.07) is 20.8. The van der Waals surface area contributed by atoms with E-state index < -0.39 is 11.7 Å². The zero-order chi connectivity index (χ0) is 24.6. The van der Waals surface area contributed by atoms with Crippen molar-refractivity contribution in [2.45, 2.75) is 12.8 Å². The molecule has 1 aliphatic heterocycles. The number of amides is 2. The fourth-order valence-electron chi connectivity index (χ4n) is 4.52. The number of carbonyl (C=O) groups is 2. The van der Waals surface area contributed by atoms with Crippen molar-refractivity contribution < 1.29 is 18.4 Å². The minimum atomic E-state index is -0.473. The molecule has 178 valence electrons. The van der Waals surface area contributed by atoms with E-state index in [1.165, 1.54) is 18.2 Å². The first-order valence-corrected chi connectivity index (χ1v) is 11.6. The number of halogens is 1. The highest BCUT2D eigenvalue weighted by Crippen LogP contribution is 2.36. The van der Waals surface area contributed by atoms with Gasteiger partial charge < -0.3 is 14.6 Å². The highest BCUT2D eigenvalue weighted by atomic mass is 19.1. The van der Waals surface area contributed by atoms with Gasteiger partial charge >= 0.3 is 0 Å². The quantitative estimate of drug-likeness (QED) is 0.345. The molecule has 3 aromatic carbocycles. The minimum Gasteiger partial charge on any atom is -0.450 e. The summed E-state index contributed by atoms with van der Waals surface area (Å²) in [6.45, 7) is 0.695. The van der Waals surface area contributed by atoms with Crippen LogP contribution in [0.2, 0.25) is 0 Å². The lowest BCUT2D eigenvalue weighted by molar-refractivity contribution is -0.117. The molecule has 1 saturated heterocycles. The van der Waals surface area contributed by atoms with E-state index in [0.717, 1.165) is 17.8 Å². The van der Waals surface area contributed by atoms with E-state index in [0.29, 0.717) is 40.7 Å². The van der Waals surface area contributed by atoms with Gasteiger partial charge in [-0.3, -0.25) is 9.59 Å². The highest BCUT2D eigenvalue weighted by molar-refractivity contribution is 6.12. The zero-order valence-electron chi connectivity index (χ0n) is 19.1. The Balaban J connectivity index is 1.35. The molecule has 5 aromatic rings. The van der Waals surface area contributed by atoms with Gasteiger partial charge in [-0.15, -0.1) is 0 Å². The number of nitrogens with zero attached hydrogens (tertiary/aromatic N) is 3. The van der Waals surface area contributed by atoms with Crippen molar-refractivity contribution in [1.29, 1.82) is 0 Å². The van der Waals surface area contributed by atoms with E-state index in [-0.39, 0.29) is 11.7 Å². The average molecular weight is 480 g/mol. The van der Waals surface area contributed by atoms with Crippen LogP contribution in [0.25, 0.3) is 27.8 Å². The highest BCUT2D eigenvalue weighted by Gasteiger charge is 2.25. The second kappa shape index (κ2) is 8.81. The normalized spacial score (nSPS) is 13.5. The monoisotopic (exact) mass is 480 g/mol. The van der Waals surface area contributed by atoms with Crippen LogP contribution in [-0.2, 0) is 4.79 Å². The molecule has 36 heavy (non-hydrogen) atoms. The van der Waals surface area contributed by atoms with Crippen molar-refractivity contribution >= 4 is 34.2 Å². The molecule has 1 fully saturated rings. The van der Waals surface area contributed by atoms with Crippen molar-refractivity contribution in [3.8, 4) is 16.8 Å². The summed E-state index contributed by atoms with van der Waals surface area (Å²) >= 11 is 0. The Morgan fingerprint density at radius 2 is 1.81 bits per heavy atom. The average Bonchev–Trinajstić information content (AvgIpc) is 3.63. The summed E-state index contributed by atoms with van der Waals surface area (Å²) in [6.07, 6.45) is 4.80. The molecular weight excluding hydrogens is 459 g/mol. The van der Waals surface area contributed by atoms with Crippen LogP contribution in [0.4, 0.5) is 15.8 Å². The maximum atomic E-state index is 14.2. The van der Waals surface area contributed by atoms with E-state index in [1.807, 2.05) is 30.3 Å². The van der Waals surface area contributed by atoms with Gasteiger partial charge in [0.25, 0.3) is 5.91 Å². The molecule has 1 N–H and O–H groups in total. The van der Waals surface area contributed by atoms with Crippen LogP contribution in [-0.4, -0.2) is 28.1 Å². The fraction of sp³-hybridized carbons (Fsp3) is 0.107. The topological polar surface area (TPSA) is 80.4 Å². The Labute approximate surface area is 205 Å². The minimum absolute atomic E-state index is 0.0574. The van der Waals surface area contributed by atoms with Gasteiger partial charge in [-0.2, -0.15) is 5.10 Å². The van der Waals surface area contributed by atoms with Crippen molar-refractivity contribution in [2.75, 3.05) is 16.8 Å². The SMILES string of the molecule is O=C(Nc1ccc(N2CCCC2=O)cc1)c1oc2ccc(F)cc2c1-c1cnn(-c2ccccc2)c1. The van der Waals surface area contributed by atoms with Crippen LogP contribution in [0.15, 0.2) is 89.6 Å². The number of hydrogen-bond acceptors (Lipinski definition) is 4. The van der Waals surface area contributed by atoms with Crippen molar-refractivity contribution in [3.63, 3.8) is 0 Å². The van der Waals surface area contributed by atoms with E-state index in [4.69, 9.17) is 4.42 Å². The molecule has 0 spiro atoms. The number of anilines is 2. The van der Waals surface area contributed by atoms with Crippen LogP contribution in [0.5, 0.6) is 0 Å². The maximum Gasteiger partial charge on any atom is 0.292 e. The molecule has 0 atom stereocenters. The summed E-state index contributed by atoms with van der Waals surface area (Å²) in [5.74, 6) is -0.748. The summed E-state index contributed by atoms with van der Waals surface area (Å²) in [4.78, 5) is 27.1. The Morgan fingerprint density at radius 3 is 2.56 bits per heavy atom. The number of benzene rings is 3. The number of aromatic nitrogens is 2. The molecule has 0 radical (unpaired) electrons. The number of para-hydroxylation sites is 1. The van der Waals surface area contributed by atoms with Crippen LogP contribution >= 0.6 is 0 Å². The predicted octanol–water partition coefficient (Wildman–Crippen LogP) is 5.80. The first-order valence-electron chi connectivity index (χ1n) is 11.6. The summed E-state index contributed by atoms with van der Waals surface area (Å²) < 4.78 is 21.8. The van der Waals surface area contributed by atoms with Gasteiger partial charge in [-0.25, -0.2) is 9.07 Å². The number of nitrogens with one attached hydrogen (secondary N) is 1. The standard InChI is InChI=1S/C28H21FN4O3/c29-19-8-13-24-23(15-19)26(18-16-30-33(17-18)22-5-2-1-3-6-22)27(36-24)28(35)31-20-9-11-21(12-10-20)32-14-4-7-25(32)34/h1-3,5-6,8-13,15-17H,4,7,14H2,(H,31,35). The predicted molar refractivity (Wildman–Crippen MR) is 135 cm³/mol. The molecular formula is C28H21FN4O3. The molecule has 7 nitrogen and oxygen atoms in total. The van der Waals surface area contributed by atoms with Crippen molar-refractivity contribution in [1.82, 2.24) is 9.78 Å².